The summed E-state index contributed by atoms with van der Waals surface area (Å²) in [5, 5.41) is 6.34. The van der Waals surface area contributed by atoms with Crippen LogP contribution in [0.15, 0.2) is 16.9 Å². The quantitative estimate of drug-likeness (QED) is 0.613. The standard InChI is InChI=1S/C19H31N3O3/c1-2-3-4-7-13-22(15-18(23)20-17-12-14-25-21-17)19(24)11-10-16-8-5-6-9-16/h12,14,16H,2-11,13,15H2,1H3,(H,20,21,23). The molecule has 1 fully saturated rings. The normalized spacial score (nSPS) is 14.6. The summed E-state index contributed by atoms with van der Waals surface area (Å²) in [7, 11) is 0. The second-order valence-corrected chi connectivity index (χ2v) is 7.00. The van der Waals surface area contributed by atoms with E-state index in [1.165, 1.54) is 31.9 Å². The molecule has 1 heterocycles. The van der Waals surface area contributed by atoms with Crippen molar-refractivity contribution >= 4 is 17.6 Å². The molecule has 0 spiro atoms. The van der Waals surface area contributed by atoms with Crippen LogP contribution in [0, 0.1) is 5.92 Å². The Hall–Kier alpha value is -1.85. The molecule has 1 aromatic heterocycles. The molecule has 0 unspecified atom stereocenters. The third kappa shape index (κ3) is 7.28. The van der Waals surface area contributed by atoms with Gasteiger partial charge in [0.25, 0.3) is 0 Å². The van der Waals surface area contributed by atoms with Crippen molar-refractivity contribution in [2.45, 2.75) is 71.1 Å². The molecule has 1 aliphatic rings. The van der Waals surface area contributed by atoms with Crippen molar-refractivity contribution in [3.63, 3.8) is 0 Å². The van der Waals surface area contributed by atoms with E-state index in [9.17, 15) is 9.59 Å². The molecular weight excluding hydrogens is 318 g/mol. The van der Waals surface area contributed by atoms with Crippen molar-refractivity contribution in [3.05, 3.63) is 12.3 Å². The van der Waals surface area contributed by atoms with Crippen LogP contribution in [-0.2, 0) is 9.59 Å². The number of nitrogens with one attached hydrogen (secondary N) is 1. The van der Waals surface area contributed by atoms with Crippen LogP contribution in [0.4, 0.5) is 5.82 Å². The van der Waals surface area contributed by atoms with Crippen molar-refractivity contribution in [1.82, 2.24) is 10.1 Å². The number of carbonyl (C=O) groups is 2. The zero-order valence-corrected chi connectivity index (χ0v) is 15.3. The number of aromatic nitrogens is 1. The number of carbonyl (C=O) groups excluding carboxylic acids is 2. The topological polar surface area (TPSA) is 75.4 Å². The maximum atomic E-state index is 12.6. The number of hydrogen-bond acceptors (Lipinski definition) is 4. The molecule has 1 aromatic rings. The van der Waals surface area contributed by atoms with Crippen LogP contribution >= 0.6 is 0 Å². The first-order valence-electron chi connectivity index (χ1n) is 9.67. The first-order valence-corrected chi connectivity index (χ1v) is 9.67. The van der Waals surface area contributed by atoms with Gasteiger partial charge in [0, 0.05) is 19.0 Å². The van der Waals surface area contributed by atoms with Gasteiger partial charge in [-0.25, -0.2) is 0 Å². The van der Waals surface area contributed by atoms with Crippen LogP contribution < -0.4 is 5.32 Å². The van der Waals surface area contributed by atoms with Crippen molar-refractivity contribution in [2.24, 2.45) is 5.92 Å². The van der Waals surface area contributed by atoms with Crippen LogP contribution in [-0.4, -0.2) is 35.0 Å². The lowest BCUT2D eigenvalue weighted by molar-refractivity contribution is -0.135. The summed E-state index contributed by atoms with van der Waals surface area (Å²) in [5.74, 6) is 0.946. The molecule has 0 bridgehead atoms. The van der Waals surface area contributed by atoms with Gasteiger partial charge in [0.15, 0.2) is 5.82 Å². The molecule has 2 amide bonds. The van der Waals surface area contributed by atoms with Gasteiger partial charge < -0.3 is 14.7 Å². The molecule has 2 rings (SSSR count). The summed E-state index contributed by atoms with van der Waals surface area (Å²) >= 11 is 0. The van der Waals surface area contributed by atoms with E-state index in [2.05, 4.69) is 17.4 Å². The predicted octanol–water partition coefficient (Wildman–Crippen LogP) is 3.99. The minimum atomic E-state index is -0.224. The summed E-state index contributed by atoms with van der Waals surface area (Å²) < 4.78 is 4.71. The van der Waals surface area contributed by atoms with E-state index in [1.807, 2.05) is 0 Å². The van der Waals surface area contributed by atoms with E-state index in [4.69, 9.17) is 4.52 Å². The fourth-order valence-electron chi connectivity index (χ4n) is 3.44. The van der Waals surface area contributed by atoms with Gasteiger partial charge in [0.05, 0.1) is 6.54 Å². The highest BCUT2D eigenvalue weighted by Gasteiger charge is 2.21. The summed E-state index contributed by atoms with van der Waals surface area (Å²) in [5.41, 5.74) is 0. The highest BCUT2D eigenvalue weighted by Crippen LogP contribution is 2.28. The Labute approximate surface area is 150 Å². The van der Waals surface area contributed by atoms with Gasteiger partial charge >= 0.3 is 0 Å². The van der Waals surface area contributed by atoms with Crippen molar-refractivity contribution in [1.29, 1.82) is 0 Å². The fraction of sp³-hybridized carbons (Fsp3) is 0.737. The van der Waals surface area contributed by atoms with E-state index in [-0.39, 0.29) is 18.4 Å². The predicted molar refractivity (Wildman–Crippen MR) is 97.0 cm³/mol. The van der Waals surface area contributed by atoms with Crippen LogP contribution in [0.1, 0.15) is 71.1 Å². The molecule has 1 N–H and O–H groups in total. The maximum absolute atomic E-state index is 12.6. The zero-order chi connectivity index (χ0) is 17.9. The van der Waals surface area contributed by atoms with E-state index >= 15 is 0 Å². The number of amides is 2. The molecule has 0 radical (unpaired) electrons. The first kappa shape index (κ1) is 19.5. The summed E-state index contributed by atoms with van der Waals surface area (Å²) in [4.78, 5) is 26.5. The number of nitrogens with zero attached hydrogens (tertiary/aromatic N) is 2. The molecule has 25 heavy (non-hydrogen) atoms. The van der Waals surface area contributed by atoms with E-state index < -0.39 is 0 Å². The summed E-state index contributed by atoms with van der Waals surface area (Å²) in [6.45, 7) is 2.90. The Morgan fingerprint density at radius 3 is 2.76 bits per heavy atom. The third-order valence-electron chi connectivity index (χ3n) is 4.92. The van der Waals surface area contributed by atoms with E-state index in [1.54, 1.807) is 11.0 Å². The number of anilines is 1. The van der Waals surface area contributed by atoms with Crippen LogP contribution in [0.2, 0.25) is 0 Å². The molecule has 140 valence electrons. The van der Waals surface area contributed by atoms with E-state index in [0.29, 0.717) is 24.7 Å². The van der Waals surface area contributed by atoms with Gasteiger partial charge in [-0.1, -0.05) is 57.0 Å². The Morgan fingerprint density at radius 1 is 1.28 bits per heavy atom. The maximum Gasteiger partial charge on any atom is 0.245 e. The lowest BCUT2D eigenvalue weighted by Crippen LogP contribution is -2.38. The number of unbranched alkanes of at least 4 members (excludes halogenated alkanes) is 3. The Morgan fingerprint density at radius 2 is 2.08 bits per heavy atom. The molecular formula is C19H31N3O3. The van der Waals surface area contributed by atoms with Crippen molar-refractivity contribution in [2.75, 3.05) is 18.4 Å². The Kier molecular flexibility index (Phi) is 8.49. The molecule has 1 aliphatic carbocycles. The highest BCUT2D eigenvalue weighted by atomic mass is 16.5. The average molecular weight is 349 g/mol. The van der Waals surface area contributed by atoms with Gasteiger partial charge in [-0.05, 0) is 18.8 Å². The zero-order valence-electron chi connectivity index (χ0n) is 15.3. The van der Waals surface area contributed by atoms with E-state index in [0.717, 1.165) is 32.1 Å². The van der Waals surface area contributed by atoms with Crippen LogP contribution in [0.25, 0.3) is 0 Å². The SMILES string of the molecule is CCCCCCN(CC(=O)Nc1ccon1)C(=O)CCC1CCCC1. The molecule has 0 saturated heterocycles. The first-order chi connectivity index (χ1) is 12.2. The lowest BCUT2D eigenvalue weighted by Gasteiger charge is -2.23. The molecule has 1 saturated carbocycles. The molecule has 0 aromatic carbocycles. The van der Waals surface area contributed by atoms with Crippen molar-refractivity contribution < 1.29 is 14.1 Å². The largest absolute Gasteiger partial charge is 0.363 e. The van der Waals surface area contributed by atoms with Gasteiger partial charge in [-0.3, -0.25) is 9.59 Å². The minimum Gasteiger partial charge on any atom is -0.363 e. The molecule has 0 atom stereocenters. The monoisotopic (exact) mass is 349 g/mol. The Balaban J connectivity index is 1.81. The molecule has 0 aliphatic heterocycles. The molecule has 6 nitrogen and oxygen atoms in total. The summed E-state index contributed by atoms with van der Waals surface area (Å²) in [6.07, 6.45) is 12.3. The van der Waals surface area contributed by atoms with Crippen molar-refractivity contribution in [3.8, 4) is 0 Å². The minimum absolute atomic E-state index is 0.0858. The summed E-state index contributed by atoms with van der Waals surface area (Å²) in [6, 6.07) is 1.59. The second kappa shape index (κ2) is 10.9. The third-order valence-corrected chi connectivity index (χ3v) is 4.92. The average Bonchev–Trinajstić information content (AvgIpc) is 3.29. The van der Waals surface area contributed by atoms with Gasteiger partial charge in [0.1, 0.15) is 6.26 Å². The number of hydrogen-bond donors (Lipinski definition) is 1. The van der Waals surface area contributed by atoms with Gasteiger partial charge in [-0.15, -0.1) is 0 Å². The Bertz CT molecular complexity index is 510. The molecule has 6 heteroatoms. The van der Waals surface area contributed by atoms with Crippen LogP contribution in [0.5, 0.6) is 0 Å². The van der Waals surface area contributed by atoms with Crippen LogP contribution in [0.3, 0.4) is 0 Å². The van der Waals surface area contributed by atoms with Gasteiger partial charge in [0.2, 0.25) is 11.8 Å². The lowest BCUT2D eigenvalue weighted by atomic mass is 10.0. The smallest absolute Gasteiger partial charge is 0.245 e. The second-order valence-electron chi connectivity index (χ2n) is 7.00. The fourth-order valence-corrected chi connectivity index (χ4v) is 3.44. The van der Waals surface area contributed by atoms with Gasteiger partial charge in [-0.2, -0.15) is 0 Å². The highest BCUT2D eigenvalue weighted by molar-refractivity contribution is 5.93. The number of rotatable bonds is 11.